The van der Waals surface area contributed by atoms with Crippen molar-refractivity contribution in [2.24, 2.45) is 5.41 Å². The Labute approximate surface area is 117 Å². The Balaban J connectivity index is 2.19. The van der Waals surface area contributed by atoms with E-state index in [1.165, 1.54) is 31.5 Å². The highest BCUT2D eigenvalue weighted by Gasteiger charge is 2.36. The summed E-state index contributed by atoms with van der Waals surface area (Å²) >= 11 is 0. The average Bonchev–Trinajstić information content (AvgIpc) is 2.84. The van der Waals surface area contributed by atoms with Gasteiger partial charge in [-0.2, -0.15) is 0 Å². The first-order valence-corrected chi connectivity index (χ1v) is 7.82. The first kappa shape index (κ1) is 14.6. The Morgan fingerprint density at radius 2 is 2.21 bits per heavy atom. The van der Waals surface area contributed by atoms with Gasteiger partial charge in [-0.1, -0.05) is 27.7 Å². The lowest BCUT2D eigenvalue weighted by atomic mass is 9.72. The lowest BCUT2D eigenvalue weighted by Gasteiger charge is -2.42. The van der Waals surface area contributed by atoms with Gasteiger partial charge in [0.25, 0.3) is 0 Å². The molecule has 3 heteroatoms. The molecular formula is C16H29N3. The first-order valence-electron chi connectivity index (χ1n) is 7.82. The molecule has 0 aromatic carbocycles. The van der Waals surface area contributed by atoms with Gasteiger partial charge >= 0.3 is 0 Å². The van der Waals surface area contributed by atoms with Gasteiger partial charge in [-0.25, -0.2) is 4.98 Å². The van der Waals surface area contributed by atoms with E-state index in [9.17, 15) is 0 Å². The Morgan fingerprint density at radius 1 is 1.42 bits per heavy atom. The van der Waals surface area contributed by atoms with Crippen LogP contribution in [0.25, 0.3) is 0 Å². The summed E-state index contributed by atoms with van der Waals surface area (Å²) in [6, 6.07) is 1.17. The molecule has 1 aliphatic rings. The molecule has 0 bridgehead atoms. The molecule has 1 aromatic rings. The number of nitrogens with one attached hydrogen (secondary N) is 1. The number of hydrogen-bond donors (Lipinski definition) is 1. The van der Waals surface area contributed by atoms with Crippen LogP contribution in [0.5, 0.6) is 0 Å². The van der Waals surface area contributed by atoms with E-state index < -0.39 is 0 Å². The van der Waals surface area contributed by atoms with Crippen molar-refractivity contribution >= 4 is 0 Å². The lowest BCUT2D eigenvalue weighted by molar-refractivity contribution is 0.140. The smallest absolute Gasteiger partial charge is 0.108 e. The molecule has 1 N–H and O–H groups in total. The van der Waals surface area contributed by atoms with Crippen LogP contribution in [0.1, 0.15) is 65.2 Å². The zero-order valence-corrected chi connectivity index (χ0v) is 12.9. The van der Waals surface area contributed by atoms with Gasteiger partial charge in [-0.05, 0) is 37.6 Å². The van der Waals surface area contributed by atoms with E-state index in [2.05, 4.69) is 48.8 Å². The monoisotopic (exact) mass is 263 g/mol. The SMILES string of the molecule is CCCNC1CCC(C)(C)CC1n1ccnc1CC. The molecule has 1 heterocycles. The second-order valence-corrected chi connectivity index (χ2v) is 6.64. The fraction of sp³-hybridized carbons (Fsp3) is 0.812. The van der Waals surface area contributed by atoms with E-state index in [4.69, 9.17) is 0 Å². The fourth-order valence-electron chi connectivity index (χ4n) is 3.33. The number of rotatable bonds is 5. The van der Waals surface area contributed by atoms with Crippen LogP contribution in [0.2, 0.25) is 0 Å². The van der Waals surface area contributed by atoms with Crippen LogP contribution in [0, 0.1) is 5.41 Å². The summed E-state index contributed by atoms with van der Waals surface area (Å²) in [6.07, 6.45) is 10.2. The van der Waals surface area contributed by atoms with E-state index in [1.807, 2.05) is 6.20 Å². The van der Waals surface area contributed by atoms with Gasteiger partial charge in [0.2, 0.25) is 0 Å². The van der Waals surface area contributed by atoms with Crippen molar-refractivity contribution in [1.82, 2.24) is 14.9 Å². The van der Waals surface area contributed by atoms with E-state index in [-0.39, 0.29) is 0 Å². The summed E-state index contributed by atoms with van der Waals surface area (Å²) in [7, 11) is 0. The highest BCUT2D eigenvalue weighted by atomic mass is 15.1. The van der Waals surface area contributed by atoms with Crippen molar-refractivity contribution in [3.05, 3.63) is 18.2 Å². The molecule has 2 rings (SSSR count). The van der Waals surface area contributed by atoms with E-state index in [0.717, 1.165) is 13.0 Å². The molecule has 0 amide bonds. The second kappa shape index (κ2) is 6.08. The number of aryl methyl sites for hydroxylation is 1. The molecule has 0 spiro atoms. The normalized spacial score (nSPS) is 26.5. The van der Waals surface area contributed by atoms with Gasteiger partial charge in [-0.15, -0.1) is 0 Å². The molecule has 0 saturated heterocycles. The van der Waals surface area contributed by atoms with Crippen molar-refractivity contribution in [1.29, 1.82) is 0 Å². The molecule has 1 fully saturated rings. The van der Waals surface area contributed by atoms with E-state index in [0.29, 0.717) is 17.5 Å². The van der Waals surface area contributed by atoms with Crippen LogP contribution < -0.4 is 5.32 Å². The molecule has 1 saturated carbocycles. The minimum atomic E-state index is 0.449. The maximum atomic E-state index is 4.51. The lowest BCUT2D eigenvalue weighted by Crippen LogP contribution is -2.44. The zero-order chi connectivity index (χ0) is 13.9. The largest absolute Gasteiger partial charge is 0.330 e. The Kier molecular flexibility index (Phi) is 4.67. The third-order valence-corrected chi connectivity index (χ3v) is 4.44. The molecule has 19 heavy (non-hydrogen) atoms. The van der Waals surface area contributed by atoms with Crippen LogP contribution in [0.4, 0.5) is 0 Å². The number of aromatic nitrogens is 2. The van der Waals surface area contributed by atoms with Crippen LogP contribution in [0.15, 0.2) is 12.4 Å². The van der Waals surface area contributed by atoms with Crippen molar-refractivity contribution in [3.63, 3.8) is 0 Å². The van der Waals surface area contributed by atoms with Gasteiger partial charge < -0.3 is 9.88 Å². The van der Waals surface area contributed by atoms with Gasteiger partial charge in [0.05, 0.1) is 6.04 Å². The molecular weight excluding hydrogens is 234 g/mol. The van der Waals surface area contributed by atoms with Crippen molar-refractivity contribution in [2.45, 2.75) is 71.9 Å². The van der Waals surface area contributed by atoms with Gasteiger partial charge in [-0.3, -0.25) is 0 Å². The molecule has 2 unspecified atom stereocenters. The Morgan fingerprint density at radius 3 is 2.89 bits per heavy atom. The minimum absolute atomic E-state index is 0.449. The highest BCUT2D eigenvalue weighted by molar-refractivity contribution is 5.01. The standard InChI is InChI=1S/C16H29N3/c1-5-9-17-13-7-8-16(3,4)12-14(13)19-11-10-18-15(19)6-2/h10-11,13-14,17H,5-9,12H2,1-4H3. The summed E-state index contributed by atoms with van der Waals surface area (Å²) in [6.45, 7) is 10.4. The molecule has 108 valence electrons. The van der Waals surface area contributed by atoms with Crippen molar-refractivity contribution < 1.29 is 0 Å². The summed E-state index contributed by atoms with van der Waals surface area (Å²) in [5.41, 5.74) is 0.449. The van der Waals surface area contributed by atoms with E-state index in [1.54, 1.807) is 0 Å². The van der Waals surface area contributed by atoms with Gasteiger partial charge in [0.15, 0.2) is 0 Å². The molecule has 1 aliphatic carbocycles. The fourth-order valence-corrected chi connectivity index (χ4v) is 3.33. The average molecular weight is 263 g/mol. The zero-order valence-electron chi connectivity index (χ0n) is 12.9. The molecule has 1 aromatic heterocycles. The highest BCUT2D eigenvalue weighted by Crippen LogP contribution is 2.41. The number of imidazole rings is 1. The number of nitrogens with zero attached hydrogens (tertiary/aromatic N) is 2. The summed E-state index contributed by atoms with van der Waals surface area (Å²) in [5.74, 6) is 1.23. The van der Waals surface area contributed by atoms with Crippen molar-refractivity contribution in [2.75, 3.05) is 6.54 Å². The van der Waals surface area contributed by atoms with E-state index >= 15 is 0 Å². The van der Waals surface area contributed by atoms with Crippen molar-refractivity contribution in [3.8, 4) is 0 Å². The predicted molar refractivity (Wildman–Crippen MR) is 80.4 cm³/mol. The van der Waals surface area contributed by atoms with Crippen LogP contribution >= 0.6 is 0 Å². The molecule has 0 radical (unpaired) electrons. The maximum Gasteiger partial charge on any atom is 0.108 e. The molecule has 2 atom stereocenters. The predicted octanol–water partition coefficient (Wildman–Crippen LogP) is 3.56. The number of hydrogen-bond acceptors (Lipinski definition) is 2. The quantitative estimate of drug-likeness (QED) is 0.880. The summed E-state index contributed by atoms with van der Waals surface area (Å²) in [4.78, 5) is 4.51. The Hall–Kier alpha value is -0.830. The third kappa shape index (κ3) is 3.38. The van der Waals surface area contributed by atoms with Gasteiger partial charge in [0, 0.05) is 24.9 Å². The second-order valence-electron chi connectivity index (χ2n) is 6.64. The van der Waals surface area contributed by atoms with Crippen LogP contribution in [0.3, 0.4) is 0 Å². The van der Waals surface area contributed by atoms with Crippen LogP contribution in [-0.4, -0.2) is 22.1 Å². The first-order chi connectivity index (χ1) is 9.07. The molecule has 0 aliphatic heterocycles. The van der Waals surface area contributed by atoms with Gasteiger partial charge in [0.1, 0.15) is 5.82 Å². The third-order valence-electron chi connectivity index (χ3n) is 4.44. The topological polar surface area (TPSA) is 29.9 Å². The van der Waals surface area contributed by atoms with Crippen LogP contribution in [-0.2, 0) is 6.42 Å². The summed E-state index contributed by atoms with van der Waals surface area (Å²) in [5, 5.41) is 3.75. The molecule has 3 nitrogen and oxygen atoms in total. The minimum Gasteiger partial charge on any atom is -0.330 e. The summed E-state index contributed by atoms with van der Waals surface area (Å²) < 4.78 is 2.42. The Bertz CT molecular complexity index is 394. The maximum absolute atomic E-state index is 4.51.